The Bertz CT molecular complexity index is 717. The lowest BCUT2D eigenvalue weighted by atomic mass is 10.3. The first-order valence-electron chi connectivity index (χ1n) is 6.84. The fourth-order valence-electron chi connectivity index (χ4n) is 2.00. The molecule has 0 radical (unpaired) electrons. The molecule has 0 aliphatic heterocycles. The summed E-state index contributed by atoms with van der Waals surface area (Å²) in [5.41, 5.74) is 1.65. The van der Waals surface area contributed by atoms with Gasteiger partial charge in [0.25, 0.3) is 0 Å². The van der Waals surface area contributed by atoms with Gasteiger partial charge in [0.05, 0.1) is 20.3 Å². The fraction of sp³-hybridized carbons (Fsp3) is 0.267. The predicted molar refractivity (Wildman–Crippen MR) is 81.3 cm³/mol. The van der Waals surface area contributed by atoms with E-state index in [0.717, 1.165) is 11.1 Å². The standard InChI is InChI=1S/C15H16N4O3/c1-20-13-9-14(21-2)19-15(18-13)16-8-7-12-17-10-5-3-4-6-11(10)22-12/h3-6,9H,7-8H2,1-2H3,(H,16,18,19). The van der Waals surface area contributed by atoms with Crippen molar-refractivity contribution >= 4 is 17.0 Å². The molecule has 3 rings (SSSR count). The van der Waals surface area contributed by atoms with Crippen LogP contribution in [0.15, 0.2) is 34.7 Å². The summed E-state index contributed by atoms with van der Waals surface area (Å²) >= 11 is 0. The Balaban J connectivity index is 1.65. The maximum absolute atomic E-state index is 5.65. The van der Waals surface area contributed by atoms with Crippen molar-refractivity contribution in [1.29, 1.82) is 0 Å². The monoisotopic (exact) mass is 300 g/mol. The van der Waals surface area contributed by atoms with E-state index in [1.807, 2.05) is 24.3 Å². The number of hydrogen-bond donors (Lipinski definition) is 1. The second-order valence-corrected chi connectivity index (χ2v) is 4.53. The highest BCUT2D eigenvalue weighted by Gasteiger charge is 2.07. The number of methoxy groups -OCH3 is 2. The molecule has 0 fully saturated rings. The van der Waals surface area contributed by atoms with Crippen molar-refractivity contribution in [2.24, 2.45) is 0 Å². The molecule has 7 heteroatoms. The lowest BCUT2D eigenvalue weighted by molar-refractivity contribution is 0.373. The van der Waals surface area contributed by atoms with Crippen LogP contribution in [0.3, 0.4) is 0 Å². The molecule has 22 heavy (non-hydrogen) atoms. The van der Waals surface area contributed by atoms with E-state index >= 15 is 0 Å². The van der Waals surface area contributed by atoms with E-state index in [4.69, 9.17) is 13.9 Å². The molecule has 3 aromatic rings. The minimum absolute atomic E-state index is 0.437. The van der Waals surface area contributed by atoms with Crippen molar-refractivity contribution in [3.63, 3.8) is 0 Å². The maximum Gasteiger partial charge on any atom is 0.229 e. The van der Waals surface area contributed by atoms with Gasteiger partial charge in [-0.15, -0.1) is 0 Å². The van der Waals surface area contributed by atoms with Gasteiger partial charge in [-0.1, -0.05) is 12.1 Å². The average molecular weight is 300 g/mol. The molecule has 114 valence electrons. The zero-order chi connectivity index (χ0) is 15.4. The smallest absolute Gasteiger partial charge is 0.229 e. The van der Waals surface area contributed by atoms with Crippen molar-refractivity contribution in [3.05, 3.63) is 36.2 Å². The van der Waals surface area contributed by atoms with Gasteiger partial charge in [-0.2, -0.15) is 9.97 Å². The minimum Gasteiger partial charge on any atom is -0.481 e. The normalized spacial score (nSPS) is 10.6. The molecule has 0 aliphatic carbocycles. The van der Waals surface area contributed by atoms with E-state index in [2.05, 4.69) is 20.3 Å². The molecule has 0 spiro atoms. The van der Waals surface area contributed by atoms with Crippen molar-refractivity contribution in [1.82, 2.24) is 15.0 Å². The minimum atomic E-state index is 0.437. The molecule has 0 bridgehead atoms. The molecule has 0 aliphatic rings. The van der Waals surface area contributed by atoms with Crippen molar-refractivity contribution in [2.75, 3.05) is 26.1 Å². The third-order valence-corrected chi connectivity index (χ3v) is 3.06. The van der Waals surface area contributed by atoms with Gasteiger partial charge in [0.2, 0.25) is 17.7 Å². The van der Waals surface area contributed by atoms with Crippen LogP contribution in [0.4, 0.5) is 5.95 Å². The van der Waals surface area contributed by atoms with E-state index in [1.165, 1.54) is 0 Å². The Morgan fingerprint density at radius 1 is 1.05 bits per heavy atom. The van der Waals surface area contributed by atoms with Gasteiger partial charge in [0, 0.05) is 13.0 Å². The van der Waals surface area contributed by atoms with Crippen LogP contribution in [0.25, 0.3) is 11.1 Å². The predicted octanol–water partition coefficient (Wildman–Crippen LogP) is 2.29. The summed E-state index contributed by atoms with van der Waals surface area (Å²) in [5, 5.41) is 3.10. The highest BCUT2D eigenvalue weighted by molar-refractivity contribution is 5.72. The molecule has 0 saturated heterocycles. The zero-order valence-electron chi connectivity index (χ0n) is 12.4. The third-order valence-electron chi connectivity index (χ3n) is 3.06. The van der Waals surface area contributed by atoms with Gasteiger partial charge in [-0.25, -0.2) is 4.98 Å². The number of anilines is 1. The zero-order valence-corrected chi connectivity index (χ0v) is 12.4. The van der Waals surface area contributed by atoms with E-state index < -0.39 is 0 Å². The largest absolute Gasteiger partial charge is 0.481 e. The number of rotatable bonds is 6. The van der Waals surface area contributed by atoms with Crippen LogP contribution in [0.5, 0.6) is 11.8 Å². The second-order valence-electron chi connectivity index (χ2n) is 4.53. The Morgan fingerprint density at radius 2 is 1.77 bits per heavy atom. The number of nitrogens with zero attached hydrogens (tertiary/aromatic N) is 3. The number of aromatic nitrogens is 3. The fourth-order valence-corrected chi connectivity index (χ4v) is 2.00. The van der Waals surface area contributed by atoms with Gasteiger partial charge in [-0.05, 0) is 12.1 Å². The maximum atomic E-state index is 5.65. The summed E-state index contributed by atoms with van der Waals surface area (Å²) in [5.74, 6) is 1.99. The van der Waals surface area contributed by atoms with E-state index in [-0.39, 0.29) is 0 Å². The van der Waals surface area contributed by atoms with E-state index in [0.29, 0.717) is 36.6 Å². The summed E-state index contributed by atoms with van der Waals surface area (Å²) in [6.45, 7) is 0.586. The summed E-state index contributed by atoms with van der Waals surface area (Å²) < 4.78 is 15.9. The van der Waals surface area contributed by atoms with Crippen molar-refractivity contribution in [3.8, 4) is 11.8 Å². The van der Waals surface area contributed by atoms with Crippen LogP contribution in [0, 0.1) is 0 Å². The van der Waals surface area contributed by atoms with Gasteiger partial charge < -0.3 is 19.2 Å². The van der Waals surface area contributed by atoms with Crippen LogP contribution >= 0.6 is 0 Å². The van der Waals surface area contributed by atoms with Crippen molar-refractivity contribution in [2.45, 2.75) is 6.42 Å². The topological polar surface area (TPSA) is 82.3 Å². The van der Waals surface area contributed by atoms with Crippen molar-refractivity contribution < 1.29 is 13.9 Å². The number of nitrogens with one attached hydrogen (secondary N) is 1. The summed E-state index contributed by atoms with van der Waals surface area (Å²) in [6.07, 6.45) is 0.623. The molecule has 7 nitrogen and oxygen atoms in total. The second kappa shape index (κ2) is 6.30. The first-order chi connectivity index (χ1) is 10.8. The highest BCUT2D eigenvalue weighted by atomic mass is 16.5. The van der Waals surface area contributed by atoms with Gasteiger partial charge in [0.1, 0.15) is 5.52 Å². The molecule has 0 atom stereocenters. The Morgan fingerprint density at radius 3 is 2.45 bits per heavy atom. The molecule has 0 amide bonds. The Kier molecular flexibility index (Phi) is 4.04. The quantitative estimate of drug-likeness (QED) is 0.747. The molecular weight excluding hydrogens is 284 g/mol. The first kappa shape index (κ1) is 14.1. The molecule has 2 heterocycles. The van der Waals surface area contributed by atoms with E-state index in [9.17, 15) is 0 Å². The number of ether oxygens (including phenoxy) is 2. The van der Waals surface area contributed by atoms with Gasteiger partial charge in [0.15, 0.2) is 11.5 Å². The van der Waals surface area contributed by atoms with Gasteiger partial charge >= 0.3 is 0 Å². The molecule has 1 aromatic carbocycles. The number of oxazole rings is 1. The van der Waals surface area contributed by atoms with Crippen LogP contribution in [-0.4, -0.2) is 35.7 Å². The molecule has 2 aromatic heterocycles. The molecule has 0 unspecified atom stereocenters. The molecule has 0 saturated carbocycles. The summed E-state index contributed by atoms with van der Waals surface area (Å²) in [4.78, 5) is 12.8. The van der Waals surface area contributed by atoms with Crippen LogP contribution in [0.2, 0.25) is 0 Å². The van der Waals surface area contributed by atoms with Crippen LogP contribution < -0.4 is 14.8 Å². The lowest BCUT2D eigenvalue weighted by Gasteiger charge is -2.07. The SMILES string of the molecule is COc1cc(OC)nc(NCCc2nc3ccccc3o2)n1. The summed E-state index contributed by atoms with van der Waals surface area (Å²) in [6, 6.07) is 9.29. The highest BCUT2D eigenvalue weighted by Crippen LogP contribution is 2.18. The van der Waals surface area contributed by atoms with Crippen LogP contribution in [0.1, 0.15) is 5.89 Å². The Hall–Kier alpha value is -2.83. The number of hydrogen-bond acceptors (Lipinski definition) is 7. The Labute approximate surface area is 127 Å². The number of fused-ring (bicyclic) bond motifs is 1. The summed E-state index contributed by atoms with van der Waals surface area (Å²) in [7, 11) is 3.09. The van der Waals surface area contributed by atoms with Crippen LogP contribution in [-0.2, 0) is 6.42 Å². The third kappa shape index (κ3) is 3.08. The number of benzene rings is 1. The average Bonchev–Trinajstić information content (AvgIpc) is 2.97. The lowest BCUT2D eigenvalue weighted by Crippen LogP contribution is -2.09. The molecular formula is C15H16N4O3. The number of para-hydroxylation sites is 2. The first-order valence-corrected chi connectivity index (χ1v) is 6.84. The molecule has 1 N–H and O–H groups in total. The van der Waals surface area contributed by atoms with E-state index in [1.54, 1.807) is 20.3 Å². The van der Waals surface area contributed by atoms with Gasteiger partial charge in [-0.3, -0.25) is 0 Å².